The molecule has 3 rings (SSSR count). The zero-order valence-electron chi connectivity index (χ0n) is 19.7. The second-order valence-electron chi connectivity index (χ2n) is 9.36. The summed E-state index contributed by atoms with van der Waals surface area (Å²) >= 11 is 1.53. The van der Waals surface area contributed by atoms with Crippen molar-refractivity contribution in [1.82, 2.24) is 4.90 Å². The molecule has 2 fully saturated rings. The Morgan fingerprint density at radius 2 is 1.66 bits per heavy atom. The average molecular weight is 421 g/mol. The van der Waals surface area contributed by atoms with Gasteiger partial charge in [0.1, 0.15) is 4.93 Å². The smallest absolute Gasteiger partial charge is 0.109 e. The Morgan fingerprint density at radius 1 is 1.03 bits per heavy atom. The second-order valence-corrected chi connectivity index (χ2v) is 11.0. The third-order valence-corrected chi connectivity index (χ3v) is 7.25. The Hall–Kier alpha value is -0.710. The highest BCUT2D eigenvalue weighted by atomic mass is 32.2. The number of piperidine rings is 2. The van der Waals surface area contributed by atoms with Gasteiger partial charge in [0.25, 0.3) is 0 Å². The molecule has 1 aromatic rings. The fourth-order valence-electron chi connectivity index (χ4n) is 4.57. The molecular weight excluding hydrogens is 376 g/mol. The van der Waals surface area contributed by atoms with E-state index in [1.54, 1.807) is 0 Å². The van der Waals surface area contributed by atoms with Crippen molar-refractivity contribution in [3.05, 3.63) is 24.3 Å². The molecule has 0 aliphatic carbocycles. The lowest BCUT2D eigenvalue weighted by Gasteiger charge is -2.39. The van der Waals surface area contributed by atoms with Crippen molar-refractivity contribution in [2.75, 3.05) is 37.6 Å². The lowest BCUT2D eigenvalue weighted by atomic mass is 9.86. The van der Waals surface area contributed by atoms with Crippen molar-refractivity contribution < 1.29 is 5.11 Å². The summed E-state index contributed by atoms with van der Waals surface area (Å²) in [5, 5.41) is 10.1. The maximum Gasteiger partial charge on any atom is 0.109 e. The van der Waals surface area contributed by atoms with Crippen LogP contribution in [0, 0.1) is 17.8 Å². The lowest BCUT2D eigenvalue weighted by Crippen LogP contribution is -2.42. The van der Waals surface area contributed by atoms with E-state index in [0.717, 1.165) is 35.7 Å². The molecule has 29 heavy (non-hydrogen) atoms. The van der Waals surface area contributed by atoms with Gasteiger partial charge in [0.15, 0.2) is 0 Å². The van der Waals surface area contributed by atoms with E-state index in [0.29, 0.717) is 0 Å². The Kier molecular flexibility index (Phi) is 9.84. The van der Waals surface area contributed by atoms with E-state index in [2.05, 4.69) is 47.9 Å². The molecule has 2 heterocycles. The standard InChI is InChI=1S/C23H38N2OS.C2H6/c1-18(2)20-10-12-24(13-11-20)17-19-8-14-25(15-9-19)21-6-5-7-22(16-21)27-23(3,4)26;1-2/h5-7,16,18-20,26H,8-15,17H2,1-4H3;1-2H3. The zero-order valence-corrected chi connectivity index (χ0v) is 20.5. The van der Waals surface area contributed by atoms with Crippen LogP contribution in [-0.2, 0) is 0 Å². The van der Waals surface area contributed by atoms with Crippen LogP contribution >= 0.6 is 11.8 Å². The first-order valence-corrected chi connectivity index (χ1v) is 12.6. The topological polar surface area (TPSA) is 26.7 Å². The first kappa shape index (κ1) is 24.6. The summed E-state index contributed by atoms with van der Waals surface area (Å²) in [6.07, 6.45) is 5.38. The predicted octanol–water partition coefficient (Wildman–Crippen LogP) is 6.12. The van der Waals surface area contributed by atoms with Crippen molar-refractivity contribution in [3.8, 4) is 0 Å². The van der Waals surface area contributed by atoms with Gasteiger partial charge in [-0.1, -0.05) is 45.5 Å². The molecule has 2 aliphatic heterocycles. The van der Waals surface area contributed by atoms with Crippen molar-refractivity contribution in [3.63, 3.8) is 0 Å². The summed E-state index contributed by atoms with van der Waals surface area (Å²) in [6.45, 7) is 18.7. The molecule has 0 radical (unpaired) electrons. The van der Waals surface area contributed by atoms with Crippen molar-refractivity contribution in [2.24, 2.45) is 17.8 Å². The maximum atomic E-state index is 10.1. The highest BCUT2D eigenvalue weighted by molar-refractivity contribution is 8.00. The minimum Gasteiger partial charge on any atom is -0.380 e. The predicted molar refractivity (Wildman–Crippen MR) is 129 cm³/mol. The number of rotatable bonds is 6. The molecular formula is C25H44N2OS. The van der Waals surface area contributed by atoms with Crippen LogP contribution in [0.1, 0.15) is 67.2 Å². The van der Waals surface area contributed by atoms with Crippen molar-refractivity contribution in [2.45, 2.75) is 77.1 Å². The average Bonchev–Trinajstić information content (AvgIpc) is 2.69. The summed E-state index contributed by atoms with van der Waals surface area (Å²) in [6, 6.07) is 8.67. The Balaban J connectivity index is 0.00000145. The van der Waals surface area contributed by atoms with Gasteiger partial charge in [0.05, 0.1) is 0 Å². The number of nitrogens with zero attached hydrogens (tertiary/aromatic N) is 2. The molecule has 0 aromatic heterocycles. The molecule has 0 bridgehead atoms. The minimum absolute atomic E-state index is 0.728. The van der Waals surface area contributed by atoms with E-state index in [1.165, 1.54) is 62.8 Å². The van der Waals surface area contributed by atoms with E-state index in [1.807, 2.05) is 27.7 Å². The van der Waals surface area contributed by atoms with Crippen LogP contribution < -0.4 is 4.90 Å². The number of aliphatic hydroxyl groups is 1. The lowest BCUT2D eigenvalue weighted by molar-refractivity contribution is 0.132. The third kappa shape index (κ3) is 8.15. The van der Waals surface area contributed by atoms with Crippen molar-refractivity contribution in [1.29, 1.82) is 0 Å². The van der Waals surface area contributed by atoms with Crippen LogP contribution in [0.4, 0.5) is 5.69 Å². The van der Waals surface area contributed by atoms with Gasteiger partial charge in [-0.05, 0) is 88.6 Å². The summed E-state index contributed by atoms with van der Waals surface area (Å²) in [7, 11) is 0. The van der Waals surface area contributed by atoms with Crippen LogP contribution in [0.2, 0.25) is 0 Å². The number of anilines is 1. The van der Waals surface area contributed by atoms with Gasteiger partial charge in [-0.15, -0.1) is 0 Å². The largest absolute Gasteiger partial charge is 0.380 e. The van der Waals surface area contributed by atoms with Gasteiger partial charge in [0.2, 0.25) is 0 Å². The van der Waals surface area contributed by atoms with E-state index in [9.17, 15) is 5.11 Å². The quantitative estimate of drug-likeness (QED) is 0.443. The van der Waals surface area contributed by atoms with Gasteiger partial charge in [-0.25, -0.2) is 0 Å². The van der Waals surface area contributed by atoms with E-state index in [-0.39, 0.29) is 0 Å². The van der Waals surface area contributed by atoms with E-state index in [4.69, 9.17) is 0 Å². The first-order chi connectivity index (χ1) is 13.8. The Morgan fingerprint density at radius 3 is 2.21 bits per heavy atom. The summed E-state index contributed by atoms with van der Waals surface area (Å²) in [5.41, 5.74) is 1.31. The van der Waals surface area contributed by atoms with Gasteiger partial charge >= 0.3 is 0 Å². The highest BCUT2D eigenvalue weighted by Crippen LogP contribution is 2.33. The number of hydrogen-bond acceptors (Lipinski definition) is 4. The molecule has 0 spiro atoms. The van der Waals surface area contributed by atoms with Crippen LogP contribution in [0.5, 0.6) is 0 Å². The van der Waals surface area contributed by atoms with E-state index < -0.39 is 4.93 Å². The van der Waals surface area contributed by atoms with Gasteiger partial charge < -0.3 is 14.9 Å². The Labute approximate surface area is 184 Å². The fraction of sp³-hybridized carbons (Fsp3) is 0.760. The van der Waals surface area contributed by atoms with Gasteiger partial charge in [-0.3, -0.25) is 0 Å². The highest BCUT2D eigenvalue weighted by Gasteiger charge is 2.26. The number of likely N-dealkylation sites (tertiary alicyclic amines) is 1. The monoisotopic (exact) mass is 420 g/mol. The number of benzene rings is 1. The molecule has 1 aromatic carbocycles. The zero-order chi connectivity index (χ0) is 21.4. The summed E-state index contributed by atoms with van der Waals surface area (Å²) < 4.78 is 0. The molecule has 2 saturated heterocycles. The van der Waals surface area contributed by atoms with Crippen molar-refractivity contribution >= 4 is 17.4 Å². The third-order valence-electron chi connectivity index (χ3n) is 6.26. The molecule has 166 valence electrons. The normalized spacial score (nSPS) is 19.9. The Bertz CT molecular complexity index is 583. The first-order valence-electron chi connectivity index (χ1n) is 11.8. The summed E-state index contributed by atoms with van der Waals surface area (Å²) in [5.74, 6) is 2.64. The number of thioether (sulfide) groups is 1. The summed E-state index contributed by atoms with van der Waals surface area (Å²) in [4.78, 5) is 5.67. The van der Waals surface area contributed by atoms with Crippen LogP contribution in [0.3, 0.4) is 0 Å². The molecule has 0 saturated carbocycles. The van der Waals surface area contributed by atoms with Gasteiger partial charge in [-0.2, -0.15) is 0 Å². The molecule has 0 amide bonds. The molecule has 3 nitrogen and oxygen atoms in total. The molecule has 1 N–H and O–H groups in total. The van der Waals surface area contributed by atoms with E-state index >= 15 is 0 Å². The van der Waals surface area contributed by atoms with Crippen LogP contribution in [0.15, 0.2) is 29.2 Å². The SMILES string of the molecule is CC.CC(C)C1CCN(CC2CCN(c3cccc(SC(C)(C)O)c3)CC2)CC1. The molecule has 0 atom stereocenters. The molecule has 0 unspecified atom stereocenters. The molecule has 4 heteroatoms. The molecule has 2 aliphatic rings. The fourth-order valence-corrected chi connectivity index (χ4v) is 5.48. The number of hydrogen-bond donors (Lipinski definition) is 1. The second kappa shape index (κ2) is 11.6. The van der Waals surface area contributed by atoms with Crippen LogP contribution in [0.25, 0.3) is 0 Å². The van der Waals surface area contributed by atoms with Gasteiger partial charge in [0, 0.05) is 30.2 Å². The maximum absolute atomic E-state index is 10.1. The van der Waals surface area contributed by atoms with Crippen LogP contribution in [-0.4, -0.2) is 47.7 Å². The minimum atomic E-state index is -0.728.